The summed E-state index contributed by atoms with van der Waals surface area (Å²) in [7, 11) is 1.72. The van der Waals surface area contributed by atoms with Gasteiger partial charge in [0.05, 0.1) is 6.54 Å². The molecule has 8 heteroatoms. The molecule has 0 aliphatic heterocycles. The van der Waals surface area contributed by atoms with Gasteiger partial charge in [0.2, 0.25) is 5.91 Å². The van der Waals surface area contributed by atoms with Crippen LogP contribution in [0.3, 0.4) is 0 Å². The highest BCUT2D eigenvalue weighted by Crippen LogP contribution is 2.11. The number of hydrogen-bond donors (Lipinski definition) is 3. The fraction of sp³-hybridized carbons (Fsp3) is 0.300. The van der Waals surface area contributed by atoms with Crippen LogP contribution in [0.5, 0.6) is 0 Å². The molecule has 2 aromatic heterocycles. The van der Waals surface area contributed by atoms with Gasteiger partial charge in [-0.05, 0) is 29.8 Å². The van der Waals surface area contributed by atoms with Crippen LogP contribution in [0.4, 0.5) is 5.69 Å². The van der Waals surface area contributed by atoms with Crippen molar-refractivity contribution in [2.24, 2.45) is 10.9 Å². The first-order valence-corrected chi connectivity index (χ1v) is 9.20. The molecule has 0 spiro atoms. The summed E-state index contributed by atoms with van der Waals surface area (Å²) in [4.78, 5) is 16.0. The number of amides is 1. The fourth-order valence-electron chi connectivity index (χ4n) is 2.57. The average molecular weight is 379 g/mol. The number of rotatable bonds is 6. The Bertz CT molecular complexity index is 960. The summed E-state index contributed by atoms with van der Waals surface area (Å²) in [6.45, 7) is 4.85. The molecule has 0 unspecified atom stereocenters. The van der Waals surface area contributed by atoms with Crippen LogP contribution in [0.2, 0.25) is 0 Å². The van der Waals surface area contributed by atoms with Crippen molar-refractivity contribution in [3.05, 3.63) is 60.0 Å². The van der Waals surface area contributed by atoms with E-state index in [0.29, 0.717) is 19.0 Å². The lowest BCUT2D eigenvalue weighted by Gasteiger charge is -2.12. The molecule has 1 aromatic carbocycles. The Morgan fingerprint density at radius 1 is 1.07 bits per heavy atom. The van der Waals surface area contributed by atoms with Crippen LogP contribution in [0.1, 0.15) is 25.2 Å². The number of nitrogens with one attached hydrogen (secondary N) is 3. The highest BCUT2D eigenvalue weighted by molar-refractivity contribution is 5.92. The largest absolute Gasteiger partial charge is 0.352 e. The molecule has 0 aliphatic rings. The molecule has 0 radical (unpaired) electrons. The third-order valence-electron chi connectivity index (χ3n) is 4.23. The SMILES string of the molecule is CN=C(NCc1ccc(NC(=O)C(C)C)cc1)NCc1nnc2ccccn12. The monoisotopic (exact) mass is 379 g/mol. The number of guanidine groups is 1. The molecule has 28 heavy (non-hydrogen) atoms. The van der Waals surface area contributed by atoms with Gasteiger partial charge in [-0.1, -0.05) is 32.0 Å². The minimum atomic E-state index is -0.0434. The number of anilines is 1. The quantitative estimate of drug-likeness (QED) is 0.451. The Balaban J connectivity index is 1.52. The van der Waals surface area contributed by atoms with Crippen molar-refractivity contribution in [2.45, 2.75) is 26.9 Å². The summed E-state index contributed by atoms with van der Waals surface area (Å²) in [5, 5.41) is 17.7. The summed E-state index contributed by atoms with van der Waals surface area (Å²) in [6.07, 6.45) is 1.93. The van der Waals surface area contributed by atoms with E-state index in [1.807, 2.05) is 66.9 Å². The molecule has 3 rings (SSSR count). The second-order valence-electron chi connectivity index (χ2n) is 6.67. The van der Waals surface area contributed by atoms with Gasteiger partial charge in [0.15, 0.2) is 17.4 Å². The summed E-state index contributed by atoms with van der Waals surface area (Å²) in [5.74, 6) is 1.45. The molecule has 0 saturated heterocycles. The average Bonchev–Trinajstić information content (AvgIpc) is 3.12. The van der Waals surface area contributed by atoms with Gasteiger partial charge < -0.3 is 16.0 Å². The number of benzene rings is 1. The number of carbonyl (C=O) groups excluding carboxylic acids is 1. The van der Waals surface area contributed by atoms with E-state index in [2.05, 4.69) is 31.1 Å². The Hall–Kier alpha value is -3.42. The van der Waals surface area contributed by atoms with Gasteiger partial charge in [0.1, 0.15) is 0 Å². The summed E-state index contributed by atoms with van der Waals surface area (Å²) < 4.78 is 1.93. The minimum Gasteiger partial charge on any atom is -0.352 e. The molecular formula is C20H25N7O. The summed E-state index contributed by atoms with van der Waals surface area (Å²) in [6, 6.07) is 13.5. The topological polar surface area (TPSA) is 95.7 Å². The van der Waals surface area contributed by atoms with Gasteiger partial charge in [0.25, 0.3) is 0 Å². The Kier molecular flexibility index (Phi) is 6.21. The molecule has 0 atom stereocenters. The molecule has 8 nitrogen and oxygen atoms in total. The van der Waals surface area contributed by atoms with Crippen molar-refractivity contribution < 1.29 is 4.79 Å². The van der Waals surface area contributed by atoms with E-state index in [9.17, 15) is 4.79 Å². The number of hydrogen-bond acceptors (Lipinski definition) is 4. The van der Waals surface area contributed by atoms with Crippen LogP contribution < -0.4 is 16.0 Å². The van der Waals surface area contributed by atoms with E-state index < -0.39 is 0 Å². The molecule has 2 heterocycles. The van der Waals surface area contributed by atoms with Gasteiger partial charge in [0, 0.05) is 31.4 Å². The van der Waals surface area contributed by atoms with Gasteiger partial charge >= 0.3 is 0 Å². The number of carbonyl (C=O) groups is 1. The lowest BCUT2D eigenvalue weighted by molar-refractivity contribution is -0.118. The van der Waals surface area contributed by atoms with Crippen LogP contribution in [-0.2, 0) is 17.9 Å². The summed E-state index contributed by atoms with van der Waals surface area (Å²) >= 11 is 0. The van der Waals surface area contributed by atoms with Crippen molar-refractivity contribution in [1.82, 2.24) is 25.2 Å². The van der Waals surface area contributed by atoms with Gasteiger partial charge in [-0.25, -0.2) is 0 Å². The van der Waals surface area contributed by atoms with E-state index in [-0.39, 0.29) is 11.8 Å². The highest BCUT2D eigenvalue weighted by Gasteiger charge is 2.08. The lowest BCUT2D eigenvalue weighted by Crippen LogP contribution is -2.36. The highest BCUT2D eigenvalue weighted by atomic mass is 16.1. The minimum absolute atomic E-state index is 0.0106. The van der Waals surface area contributed by atoms with E-state index in [4.69, 9.17) is 0 Å². The maximum Gasteiger partial charge on any atom is 0.226 e. The van der Waals surface area contributed by atoms with Crippen LogP contribution in [0.25, 0.3) is 5.65 Å². The van der Waals surface area contributed by atoms with Gasteiger partial charge in [-0.3, -0.25) is 14.2 Å². The van der Waals surface area contributed by atoms with Crippen LogP contribution in [0, 0.1) is 5.92 Å². The van der Waals surface area contributed by atoms with E-state index in [0.717, 1.165) is 22.7 Å². The molecule has 0 fully saturated rings. The van der Waals surface area contributed by atoms with E-state index in [1.165, 1.54) is 0 Å². The first-order valence-electron chi connectivity index (χ1n) is 9.20. The lowest BCUT2D eigenvalue weighted by atomic mass is 10.1. The third-order valence-corrected chi connectivity index (χ3v) is 4.23. The number of aliphatic imine (C=N–C) groups is 1. The smallest absolute Gasteiger partial charge is 0.226 e. The fourth-order valence-corrected chi connectivity index (χ4v) is 2.57. The maximum absolute atomic E-state index is 11.7. The molecule has 1 amide bonds. The Labute approximate surface area is 164 Å². The van der Waals surface area contributed by atoms with Crippen LogP contribution in [0.15, 0.2) is 53.7 Å². The zero-order valence-electron chi connectivity index (χ0n) is 16.3. The number of aromatic nitrogens is 3. The molecule has 3 N–H and O–H groups in total. The predicted octanol–water partition coefficient (Wildman–Crippen LogP) is 2.19. The number of pyridine rings is 1. The second-order valence-corrected chi connectivity index (χ2v) is 6.67. The van der Waals surface area contributed by atoms with Crippen LogP contribution >= 0.6 is 0 Å². The standard InChI is InChI=1S/C20H25N7O/c1-14(2)19(28)24-16-9-7-15(8-10-16)12-22-20(21-3)23-13-18-26-25-17-6-4-5-11-27(17)18/h4-11,14H,12-13H2,1-3H3,(H,24,28)(H2,21,22,23). The Morgan fingerprint density at radius 3 is 2.54 bits per heavy atom. The van der Waals surface area contributed by atoms with Crippen molar-refractivity contribution in [2.75, 3.05) is 12.4 Å². The van der Waals surface area contributed by atoms with Crippen LogP contribution in [-0.4, -0.2) is 33.5 Å². The molecule has 146 valence electrons. The molecule has 3 aromatic rings. The van der Waals surface area contributed by atoms with Crippen molar-refractivity contribution in [3.63, 3.8) is 0 Å². The first kappa shape index (κ1) is 19.3. The molecule has 0 bridgehead atoms. The predicted molar refractivity (Wildman–Crippen MR) is 110 cm³/mol. The second kappa shape index (κ2) is 8.98. The summed E-state index contributed by atoms with van der Waals surface area (Å²) in [5.41, 5.74) is 2.69. The van der Waals surface area contributed by atoms with E-state index in [1.54, 1.807) is 7.05 Å². The van der Waals surface area contributed by atoms with E-state index >= 15 is 0 Å². The number of nitrogens with zero attached hydrogens (tertiary/aromatic N) is 4. The zero-order valence-corrected chi connectivity index (χ0v) is 16.3. The molecular weight excluding hydrogens is 354 g/mol. The maximum atomic E-state index is 11.7. The van der Waals surface area contributed by atoms with Gasteiger partial charge in [-0.2, -0.15) is 0 Å². The van der Waals surface area contributed by atoms with Crippen molar-refractivity contribution in [3.8, 4) is 0 Å². The first-order chi connectivity index (χ1) is 13.6. The van der Waals surface area contributed by atoms with Gasteiger partial charge in [-0.15, -0.1) is 10.2 Å². The normalized spacial score (nSPS) is 11.6. The molecule has 0 saturated carbocycles. The van der Waals surface area contributed by atoms with Crippen molar-refractivity contribution >= 4 is 23.2 Å². The van der Waals surface area contributed by atoms with Crippen molar-refractivity contribution in [1.29, 1.82) is 0 Å². The Morgan fingerprint density at radius 2 is 1.82 bits per heavy atom. The third kappa shape index (κ3) is 4.85. The zero-order chi connectivity index (χ0) is 19.9. The molecule has 0 aliphatic carbocycles. The number of fused-ring (bicyclic) bond motifs is 1.